The minimum absolute atomic E-state index is 0. The fourth-order valence-corrected chi connectivity index (χ4v) is 1.33. The summed E-state index contributed by atoms with van der Waals surface area (Å²) in [6, 6.07) is 0. The van der Waals surface area contributed by atoms with Gasteiger partial charge >= 0.3 is 5.97 Å². The number of ether oxygens (including phenoxy) is 1. The van der Waals surface area contributed by atoms with Crippen molar-refractivity contribution in [3.8, 4) is 0 Å². The van der Waals surface area contributed by atoms with Gasteiger partial charge in [-0.1, -0.05) is 12.2 Å². The van der Waals surface area contributed by atoms with Crippen molar-refractivity contribution in [2.75, 3.05) is 13.7 Å². The van der Waals surface area contributed by atoms with Gasteiger partial charge in [0, 0.05) is 6.54 Å². The third kappa shape index (κ3) is 1.79. The molecule has 4 heteroatoms. The first-order chi connectivity index (χ1) is 5.25. The summed E-state index contributed by atoms with van der Waals surface area (Å²) in [7, 11) is 1.40. The number of hydrogen-bond donors (Lipinski definition) is 1. The molecule has 0 amide bonds. The van der Waals surface area contributed by atoms with Crippen LogP contribution in [0.1, 0.15) is 12.8 Å². The van der Waals surface area contributed by atoms with Crippen molar-refractivity contribution in [2.45, 2.75) is 12.8 Å². The molecule has 0 bridgehead atoms. The van der Waals surface area contributed by atoms with Gasteiger partial charge in [0.05, 0.1) is 12.5 Å². The SMILES string of the molecule is COC(=O)C1(CN)CC=CC1.Cl. The molecule has 70 valence electrons. The maximum absolute atomic E-state index is 11.2. The molecule has 0 fully saturated rings. The Bertz CT molecular complexity index is 183. The van der Waals surface area contributed by atoms with Crippen molar-refractivity contribution in [1.82, 2.24) is 0 Å². The van der Waals surface area contributed by atoms with Gasteiger partial charge in [0.1, 0.15) is 0 Å². The number of allylic oxidation sites excluding steroid dienone is 2. The topological polar surface area (TPSA) is 52.3 Å². The van der Waals surface area contributed by atoms with Crippen LogP contribution in [0.25, 0.3) is 0 Å². The Hall–Kier alpha value is -0.540. The standard InChI is InChI=1S/C8H13NO2.ClH/c1-11-7(10)8(6-9)4-2-3-5-8;/h2-3H,4-6,9H2,1H3;1H. The minimum atomic E-state index is -0.450. The molecule has 3 nitrogen and oxygen atoms in total. The molecule has 12 heavy (non-hydrogen) atoms. The normalized spacial score (nSPS) is 18.5. The van der Waals surface area contributed by atoms with Crippen molar-refractivity contribution in [2.24, 2.45) is 11.1 Å². The Kier molecular flexibility index (Phi) is 4.28. The van der Waals surface area contributed by atoms with E-state index in [9.17, 15) is 4.79 Å². The number of nitrogens with two attached hydrogens (primary N) is 1. The summed E-state index contributed by atoms with van der Waals surface area (Å²) in [5, 5.41) is 0. The van der Waals surface area contributed by atoms with E-state index in [0.717, 1.165) is 12.8 Å². The highest BCUT2D eigenvalue weighted by Crippen LogP contribution is 2.32. The minimum Gasteiger partial charge on any atom is -0.469 e. The summed E-state index contributed by atoms with van der Waals surface area (Å²) in [4.78, 5) is 11.2. The number of hydrogen-bond acceptors (Lipinski definition) is 3. The summed E-state index contributed by atoms with van der Waals surface area (Å²) >= 11 is 0. The molecule has 2 N–H and O–H groups in total. The van der Waals surface area contributed by atoms with E-state index in [0.29, 0.717) is 6.54 Å². The highest BCUT2D eigenvalue weighted by Gasteiger charge is 2.38. The average molecular weight is 192 g/mol. The van der Waals surface area contributed by atoms with E-state index in [2.05, 4.69) is 4.74 Å². The van der Waals surface area contributed by atoms with Crippen LogP contribution in [0, 0.1) is 5.41 Å². The van der Waals surface area contributed by atoms with E-state index in [4.69, 9.17) is 5.73 Å². The Morgan fingerprint density at radius 2 is 2.08 bits per heavy atom. The first kappa shape index (κ1) is 11.5. The molecule has 0 unspecified atom stereocenters. The maximum Gasteiger partial charge on any atom is 0.313 e. The van der Waals surface area contributed by atoms with E-state index in [-0.39, 0.29) is 18.4 Å². The fraction of sp³-hybridized carbons (Fsp3) is 0.625. The van der Waals surface area contributed by atoms with E-state index in [1.54, 1.807) is 0 Å². The van der Waals surface area contributed by atoms with Gasteiger partial charge in [0.25, 0.3) is 0 Å². The smallest absolute Gasteiger partial charge is 0.313 e. The van der Waals surface area contributed by atoms with Gasteiger partial charge in [-0.2, -0.15) is 0 Å². The van der Waals surface area contributed by atoms with Gasteiger partial charge in [-0.3, -0.25) is 4.79 Å². The van der Waals surface area contributed by atoms with Gasteiger partial charge in [-0.25, -0.2) is 0 Å². The zero-order chi connectivity index (χ0) is 8.32. The van der Waals surface area contributed by atoms with Crippen molar-refractivity contribution in [3.63, 3.8) is 0 Å². The Balaban J connectivity index is 0.00000121. The van der Waals surface area contributed by atoms with Crippen molar-refractivity contribution < 1.29 is 9.53 Å². The van der Waals surface area contributed by atoms with Crippen molar-refractivity contribution in [3.05, 3.63) is 12.2 Å². The lowest BCUT2D eigenvalue weighted by atomic mass is 9.86. The second-order valence-electron chi connectivity index (χ2n) is 2.86. The fourth-order valence-electron chi connectivity index (χ4n) is 1.33. The molecule has 0 atom stereocenters. The quantitative estimate of drug-likeness (QED) is 0.521. The number of halogens is 1. The van der Waals surface area contributed by atoms with Crippen molar-refractivity contribution in [1.29, 1.82) is 0 Å². The van der Waals surface area contributed by atoms with Crippen LogP contribution in [0.5, 0.6) is 0 Å². The zero-order valence-electron chi connectivity index (χ0n) is 7.08. The zero-order valence-corrected chi connectivity index (χ0v) is 7.89. The van der Waals surface area contributed by atoms with E-state index >= 15 is 0 Å². The molecule has 0 aromatic rings. The highest BCUT2D eigenvalue weighted by atomic mass is 35.5. The lowest BCUT2D eigenvalue weighted by Crippen LogP contribution is -2.37. The van der Waals surface area contributed by atoms with Crippen LogP contribution in [0.2, 0.25) is 0 Å². The number of esters is 1. The predicted molar refractivity (Wildman–Crippen MR) is 49.1 cm³/mol. The lowest BCUT2D eigenvalue weighted by Gasteiger charge is -2.23. The maximum atomic E-state index is 11.2. The third-order valence-corrected chi connectivity index (χ3v) is 2.19. The summed E-state index contributed by atoms with van der Waals surface area (Å²) in [6.07, 6.45) is 5.39. The van der Waals surface area contributed by atoms with Crippen LogP contribution in [-0.2, 0) is 9.53 Å². The monoisotopic (exact) mass is 191 g/mol. The second-order valence-corrected chi connectivity index (χ2v) is 2.86. The highest BCUT2D eigenvalue weighted by molar-refractivity contribution is 5.85. The van der Waals surface area contributed by atoms with Crippen LogP contribution < -0.4 is 5.73 Å². The van der Waals surface area contributed by atoms with Gasteiger partial charge in [-0.05, 0) is 12.8 Å². The predicted octanol–water partition coefficient (Wildman–Crippen LogP) is 0.876. The van der Waals surface area contributed by atoms with E-state index in [1.165, 1.54) is 7.11 Å². The number of rotatable bonds is 2. The molecule has 1 aliphatic rings. The summed E-state index contributed by atoms with van der Waals surface area (Å²) in [5.74, 6) is -0.190. The molecular formula is C8H14ClNO2. The summed E-state index contributed by atoms with van der Waals surface area (Å²) in [5.41, 5.74) is 5.05. The molecule has 0 aromatic heterocycles. The third-order valence-electron chi connectivity index (χ3n) is 2.19. The molecule has 0 aliphatic heterocycles. The molecule has 0 heterocycles. The number of carbonyl (C=O) groups excluding carboxylic acids is 1. The number of methoxy groups -OCH3 is 1. The molecule has 0 saturated heterocycles. The molecule has 0 aromatic carbocycles. The summed E-state index contributed by atoms with van der Waals surface area (Å²) in [6.45, 7) is 0.368. The van der Waals surface area contributed by atoms with Gasteiger partial charge < -0.3 is 10.5 Å². The van der Waals surface area contributed by atoms with Crippen LogP contribution in [0.15, 0.2) is 12.2 Å². The van der Waals surface area contributed by atoms with Gasteiger partial charge in [0.2, 0.25) is 0 Å². The molecular weight excluding hydrogens is 178 g/mol. The molecule has 1 rings (SSSR count). The molecule has 0 saturated carbocycles. The number of carbonyl (C=O) groups is 1. The van der Waals surface area contributed by atoms with Crippen LogP contribution in [0.3, 0.4) is 0 Å². The first-order valence-corrected chi connectivity index (χ1v) is 3.69. The molecule has 0 radical (unpaired) electrons. The second kappa shape index (κ2) is 4.48. The Labute approximate surface area is 78.4 Å². The largest absolute Gasteiger partial charge is 0.469 e. The van der Waals surface area contributed by atoms with Crippen LogP contribution in [-0.4, -0.2) is 19.6 Å². The first-order valence-electron chi connectivity index (χ1n) is 3.69. The van der Waals surface area contributed by atoms with Crippen molar-refractivity contribution >= 4 is 18.4 Å². The molecule has 1 aliphatic carbocycles. The van der Waals surface area contributed by atoms with Gasteiger partial charge in [-0.15, -0.1) is 12.4 Å². The van der Waals surface area contributed by atoms with Crippen LogP contribution in [0.4, 0.5) is 0 Å². The lowest BCUT2D eigenvalue weighted by molar-refractivity contribution is -0.151. The summed E-state index contributed by atoms with van der Waals surface area (Å²) < 4.78 is 4.67. The van der Waals surface area contributed by atoms with E-state index in [1.807, 2.05) is 12.2 Å². The molecule has 0 spiro atoms. The Morgan fingerprint density at radius 3 is 2.42 bits per heavy atom. The van der Waals surface area contributed by atoms with Gasteiger partial charge in [0.15, 0.2) is 0 Å². The Morgan fingerprint density at radius 1 is 1.58 bits per heavy atom. The average Bonchev–Trinajstić information content (AvgIpc) is 2.52. The van der Waals surface area contributed by atoms with Crippen LogP contribution >= 0.6 is 12.4 Å². The van der Waals surface area contributed by atoms with E-state index < -0.39 is 5.41 Å².